The van der Waals surface area contributed by atoms with Crippen molar-refractivity contribution in [3.05, 3.63) is 203 Å². The van der Waals surface area contributed by atoms with Crippen molar-refractivity contribution in [3.8, 4) is 11.1 Å². The number of alkyl carbamates (subject to hydrolysis) is 1. The Kier molecular flexibility index (Phi) is 12.3. The van der Waals surface area contributed by atoms with Gasteiger partial charge in [0.1, 0.15) is 24.7 Å². The van der Waals surface area contributed by atoms with E-state index in [0.29, 0.717) is 19.4 Å². The number of likely N-dealkylation sites (tertiary alicyclic amines) is 1. The van der Waals surface area contributed by atoms with Crippen molar-refractivity contribution in [2.24, 2.45) is 5.73 Å². The first-order valence-electron chi connectivity index (χ1n) is 21.7. The van der Waals surface area contributed by atoms with Gasteiger partial charge in [-0.2, -0.15) is 0 Å². The molecule has 322 valence electrons. The number of rotatable bonds is 15. The van der Waals surface area contributed by atoms with Crippen LogP contribution in [-0.4, -0.2) is 70.7 Å². The van der Waals surface area contributed by atoms with E-state index >= 15 is 0 Å². The van der Waals surface area contributed by atoms with Crippen LogP contribution in [0, 0.1) is 0 Å². The molecule has 3 unspecified atom stereocenters. The molecule has 1 fully saturated rings. The molecule has 1 saturated heterocycles. The normalized spacial score (nSPS) is 15.5. The molecule has 2 heterocycles. The lowest BCUT2D eigenvalue weighted by molar-refractivity contribution is -0.140. The zero-order valence-electron chi connectivity index (χ0n) is 35.2. The average Bonchev–Trinajstić information content (AvgIpc) is 4.08. The number of amides is 4. The summed E-state index contributed by atoms with van der Waals surface area (Å²) in [7, 11) is 0. The number of aromatic amines is 1. The third kappa shape index (κ3) is 8.38. The molecule has 1 aliphatic heterocycles. The maximum Gasteiger partial charge on any atom is 0.407 e. The van der Waals surface area contributed by atoms with Crippen molar-refractivity contribution in [1.29, 1.82) is 0 Å². The molecule has 0 saturated carbocycles. The van der Waals surface area contributed by atoms with E-state index in [9.17, 15) is 19.2 Å². The molecule has 0 bridgehead atoms. The van der Waals surface area contributed by atoms with Gasteiger partial charge < -0.3 is 31.0 Å². The highest BCUT2D eigenvalue weighted by Gasteiger charge is 2.42. The smallest absolute Gasteiger partial charge is 0.407 e. The maximum atomic E-state index is 14.8. The first-order chi connectivity index (χ1) is 31.3. The van der Waals surface area contributed by atoms with Crippen molar-refractivity contribution in [2.45, 2.75) is 48.1 Å². The lowest BCUT2D eigenvalue weighted by Gasteiger charge is -2.36. The van der Waals surface area contributed by atoms with Crippen molar-refractivity contribution in [1.82, 2.24) is 20.5 Å². The molecule has 9 rings (SSSR count). The van der Waals surface area contributed by atoms with Gasteiger partial charge in [0.2, 0.25) is 17.7 Å². The molecule has 0 spiro atoms. The third-order valence-electron chi connectivity index (χ3n) is 12.5. The van der Waals surface area contributed by atoms with Crippen LogP contribution in [0.4, 0.5) is 4.79 Å². The summed E-state index contributed by atoms with van der Waals surface area (Å²) in [5, 5.41) is 6.76. The molecule has 4 amide bonds. The van der Waals surface area contributed by atoms with Crippen LogP contribution in [0.1, 0.15) is 52.1 Å². The van der Waals surface area contributed by atoms with Crippen molar-refractivity contribution in [2.75, 3.05) is 18.9 Å². The van der Waals surface area contributed by atoms with Crippen LogP contribution in [-0.2, 0) is 30.3 Å². The minimum atomic E-state index is -1.06. The summed E-state index contributed by atoms with van der Waals surface area (Å²) in [4.78, 5) is 61.0. The van der Waals surface area contributed by atoms with Crippen molar-refractivity contribution in [3.63, 3.8) is 0 Å². The molecule has 5 N–H and O–H groups in total. The number of thioether (sulfide) groups is 1. The molecule has 6 aromatic carbocycles. The molecule has 11 heteroatoms. The fraction of sp³-hybridized carbons (Fsp3) is 0.208. The Morgan fingerprint density at radius 2 is 1.25 bits per heavy atom. The lowest BCUT2D eigenvalue weighted by atomic mass is 9.84. The highest BCUT2D eigenvalue weighted by atomic mass is 32.2. The Hall–Kier alpha value is -7.11. The van der Waals surface area contributed by atoms with Gasteiger partial charge in [-0.1, -0.05) is 158 Å². The topological polar surface area (TPSA) is 147 Å². The van der Waals surface area contributed by atoms with Crippen LogP contribution < -0.4 is 16.4 Å². The molecule has 2 aliphatic rings. The number of nitrogens with zero attached hydrogens (tertiary/aromatic N) is 1. The number of H-pyrrole nitrogens is 1. The second-order valence-electron chi connectivity index (χ2n) is 16.3. The van der Waals surface area contributed by atoms with Crippen LogP contribution in [0.25, 0.3) is 22.0 Å². The fourth-order valence-corrected chi connectivity index (χ4v) is 11.0. The first kappa shape index (κ1) is 42.2. The van der Waals surface area contributed by atoms with E-state index in [-0.39, 0.29) is 24.7 Å². The monoisotopic (exact) mass is 867 g/mol. The van der Waals surface area contributed by atoms with Gasteiger partial charge in [0.15, 0.2) is 0 Å². The van der Waals surface area contributed by atoms with E-state index < -0.39 is 46.7 Å². The number of nitrogens with one attached hydrogen (secondary N) is 3. The largest absolute Gasteiger partial charge is 0.449 e. The zero-order valence-corrected chi connectivity index (χ0v) is 36.0. The number of ether oxygens (including phenoxy) is 1. The van der Waals surface area contributed by atoms with E-state index in [1.807, 2.05) is 109 Å². The maximum absolute atomic E-state index is 14.8. The zero-order chi connectivity index (χ0) is 44.0. The van der Waals surface area contributed by atoms with Gasteiger partial charge in [-0.3, -0.25) is 14.4 Å². The molecule has 64 heavy (non-hydrogen) atoms. The number of carbonyl (C=O) groups excluding carboxylic acids is 4. The minimum Gasteiger partial charge on any atom is -0.449 e. The number of nitrogens with two attached hydrogens (primary N) is 1. The van der Waals surface area contributed by atoms with Gasteiger partial charge in [-0.15, -0.1) is 11.8 Å². The Labute approximate surface area is 376 Å². The number of carbonyl (C=O) groups is 4. The Morgan fingerprint density at radius 3 is 1.84 bits per heavy atom. The SMILES string of the molecule is NC(=O)C(CSC(c1ccccc1)(c1ccccc1)c1ccccc1)NC(=O)C1CCCN1C(=O)C(Cc1c[nH]c2ccccc12)NC(=O)OCC1c2ccccc2-c2ccccc21. The molecule has 10 nitrogen and oxygen atoms in total. The highest BCUT2D eigenvalue weighted by molar-refractivity contribution is 8.00. The predicted molar refractivity (Wildman–Crippen MR) is 252 cm³/mol. The number of benzene rings is 6. The Balaban J connectivity index is 0.942. The molecule has 3 atom stereocenters. The van der Waals surface area contributed by atoms with Crippen LogP contribution in [0.2, 0.25) is 0 Å². The second kappa shape index (κ2) is 18.7. The summed E-state index contributed by atoms with van der Waals surface area (Å²) in [5.41, 5.74) is 15.2. The molecule has 1 aromatic heterocycles. The third-order valence-corrected chi connectivity index (χ3v) is 14.2. The van der Waals surface area contributed by atoms with Crippen molar-refractivity contribution >= 4 is 46.5 Å². The predicted octanol–water partition coefficient (Wildman–Crippen LogP) is 8.30. The van der Waals surface area contributed by atoms with Gasteiger partial charge in [0.05, 0.1) is 4.75 Å². The Morgan fingerprint density at radius 1 is 0.703 bits per heavy atom. The number of fused-ring (bicyclic) bond motifs is 4. The summed E-state index contributed by atoms with van der Waals surface area (Å²) < 4.78 is 5.18. The summed E-state index contributed by atoms with van der Waals surface area (Å²) in [5.74, 6) is -1.60. The quantitative estimate of drug-likeness (QED) is 0.0763. The van der Waals surface area contributed by atoms with Gasteiger partial charge >= 0.3 is 6.09 Å². The van der Waals surface area contributed by atoms with Crippen LogP contribution in [0.5, 0.6) is 0 Å². The van der Waals surface area contributed by atoms with Crippen LogP contribution in [0.15, 0.2) is 170 Å². The molecule has 1 aliphatic carbocycles. The number of primary amides is 1. The Bertz CT molecular complexity index is 2640. The van der Waals surface area contributed by atoms with Gasteiger partial charge in [-0.05, 0) is 63.4 Å². The van der Waals surface area contributed by atoms with Gasteiger partial charge in [0, 0.05) is 41.7 Å². The van der Waals surface area contributed by atoms with Gasteiger partial charge in [-0.25, -0.2) is 4.79 Å². The van der Waals surface area contributed by atoms with Crippen molar-refractivity contribution < 1.29 is 23.9 Å². The summed E-state index contributed by atoms with van der Waals surface area (Å²) in [6, 6.07) is 51.2. The lowest BCUT2D eigenvalue weighted by Crippen LogP contribution is -2.57. The molecular formula is C53H49N5O5S. The second-order valence-corrected chi connectivity index (χ2v) is 17.6. The average molecular weight is 868 g/mol. The standard InChI is InChI=1S/C53H49N5O5S/c54-49(59)47(34-64-53(36-17-4-1-5-18-36,37-19-6-2-7-20-37)38-21-8-3-9-22-38)56-50(60)48-29-16-30-58(48)51(61)46(31-35-32-55-45-28-15-14-23-39(35)45)57-52(62)63-33-44-42-26-12-10-24-40(42)41-25-11-13-27-43(41)44/h1-15,17-28,32,44,46-48,55H,16,29-31,33-34H2,(H2,54,59)(H,56,60)(H,57,62). The minimum absolute atomic E-state index is 0.0786. The van der Waals surface area contributed by atoms with E-state index in [1.165, 1.54) is 16.7 Å². The first-order valence-corrected chi connectivity index (χ1v) is 22.7. The van der Waals surface area contributed by atoms with E-state index in [4.69, 9.17) is 10.5 Å². The fourth-order valence-electron chi connectivity index (χ4n) is 9.45. The highest BCUT2D eigenvalue weighted by Crippen LogP contribution is 2.49. The van der Waals surface area contributed by atoms with E-state index in [2.05, 4.69) is 76.3 Å². The molecule has 0 radical (unpaired) electrons. The molecule has 7 aromatic rings. The number of para-hydroxylation sites is 1. The summed E-state index contributed by atoms with van der Waals surface area (Å²) >= 11 is 1.52. The van der Waals surface area contributed by atoms with E-state index in [0.717, 1.165) is 55.4 Å². The summed E-state index contributed by atoms with van der Waals surface area (Å²) in [6.07, 6.45) is 2.20. The van der Waals surface area contributed by atoms with Gasteiger partial charge in [0.25, 0.3) is 0 Å². The van der Waals surface area contributed by atoms with E-state index in [1.54, 1.807) is 0 Å². The van der Waals surface area contributed by atoms with Crippen LogP contribution in [0.3, 0.4) is 0 Å². The number of aromatic nitrogens is 1. The molecular weight excluding hydrogens is 819 g/mol. The summed E-state index contributed by atoms with van der Waals surface area (Å²) in [6.45, 7) is 0.373. The number of hydrogen-bond acceptors (Lipinski definition) is 6. The van der Waals surface area contributed by atoms with Crippen LogP contribution >= 0.6 is 11.8 Å². The number of hydrogen-bond donors (Lipinski definition) is 4.